The molecule has 1 saturated heterocycles. The molecule has 5 rings (SSSR count). The van der Waals surface area contributed by atoms with Crippen LogP contribution in [0.3, 0.4) is 0 Å². The molecule has 2 fully saturated rings. The van der Waals surface area contributed by atoms with Crippen LogP contribution in [0.5, 0.6) is 5.75 Å². The number of hydrogen-bond acceptors (Lipinski definition) is 3. The molecule has 3 aliphatic rings. The van der Waals surface area contributed by atoms with Crippen LogP contribution in [0.1, 0.15) is 75.5 Å². The number of anilines is 1. The van der Waals surface area contributed by atoms with Crippen LogP contribution in [-0.4, -0.2) is 38.1 Å². The van der Waals surface area contributed by atoms with E-state index in [1.54, 1.807) is 0 Å². The van der Waals surface area contributed by atoms with Crippen molar-refractivity contribution in [2.75, 3.05) is 38.1 Å². The Kier molecular flexibility index (Phi) is 7.79. The maximum absolute atomic E-state index is 6.77. The maximum Gasteiger partial charge on any atom is 0.127 e. The SMILES string of the molecule is CCCC1CCC(CC2Cc3ccccc3C2Oc2ccc(N3CCCN(C)CC3)cc2)CC1. The lowest BCUT2D eigenvalue weighted by Gasteiger charge is -2.32. The van der Waals surface area contributed by atoms with E-state index in [1.807, 2.05) is 0 Å². The van der Waals surface area contributed by atoms with Gasteiger partial charge in [0, 0.05) is 31.2 Å². The highest BCUT2D eigenvalue weighted by atomic mass is 16.5. The van der Waals surface area contributed by atoms with Gasteiger partial charge in [-0.25, -0.2) is 0 Å². The molecule has 3 heteroatoms. The first kappa shape index (κ1) is 23.7. The van der Waals surface area contributed by atoms with Gasteiger partial charge in [0.2, 0.25) is 0 Å². The second-order valence-corrected chi connectivity index (χ2v) is 11.3. The predicted octanol–water partition coefficient (Wildman–Crippen LogP) is 7.12. The zero-order valence-corrected chi connectivity index (χ0v) is 21.4. The average Bonchev–Trinajstić information content (AvgIpc) is 3.03. The van der Waals surface area contributed by atoms with E-state index in [0.29, 0.717) is 5.92 Å². The third-order valence-corrected chi connectivity index (χ3v) is 8.76. The molecule has 0 spiro atoms. The molecule has 184 valence electrons. The molecule has 0 amide bonds. The highest BCUT2D eigenvalue weighted by molar-refractivity contribution is 5.49. The lowest BCUT2D eigenvalue weighted by atomic mass is 9.76. The maximum atomic E-state index is 6.77. The number of fused-ring (bicyclic) bond motifs is 1. The molecule has 2 aliphatic carbocycles. The Hall–Kier alpha value is -2.00. The number of nitrogens with zero attached hydrogens (tertiary/aromatic N) is 2. The third-order valence-electron chi connectivity index (χ3n) is 8.76. The summed E-state index contributed by atoms with van der Waals surface area (Å²) in [4.78, 5) is 4.96. The zero-order valence-electron chi connectivity index (χ0n) is 21.4. The van der Waals surface area contributed by atoms with Crippen molar-refractivity contribution in [2.45, 2.75) is 70.8 Å². The van der Waals surface area contributed by atoms with E-state index in [4.69, 9.17) is 4.74 Å². The van der Waals surface area contributed by atoms with E-state index in [0.717, 1.165) is 37.2 Å². The van der Waals surface area contributed by atoms with Gasteiger partial charge in [-0.15, -0.1) is 0 Å². The molecule has 1 aliphatic heterocycles. The first-order valence-corrected chi connectivity index (χ1v) is 14.0. The van der Waals surface area contributed by atoms with Crippen LogP contribution in [0.25, 0.3) is 0 Å². The summed E-state index contributed by atoms with van der Waals surface area (Å²) in [5.74, 6) is 3.49. The number of likely N-dealkylation sites (N-methyl/N-ethyl adjacent to an activating group) is 1. The quantitative estimate of drug-likeness (QED) is 0.437. The fraction of sp³-hybridized carbons (Fsp3) is 0.613. The Morgan fingerprint density at radius 2 is 1.62 bits per heavy atom. The van der Waals surface area contributed by atoms with Crippen molar-refractivity contribution in [3.05, 3.63) is 59.7 Å². The van der Waals surface area contributed by atoms with Crippen molar-refractivity contribution >= 4 is 5.69 Å². The number of benzene rings is 2. The van der Waals surface area contributed by atoms with Gasteiger partial charge in [-0.3, -0.25) is 0 Å². The number of hydrogen-bond donors (Lipinski definition) is 0. The molecule has 0 bridgehead atoms. The molecule has 2 aromatic carbocycles. The molecule has 0 aromatic heterocycles. The van der Waals surface area contributed by atoms with Gasteiger partial charge in [0.05, 0.1) is 0 Å². The molecular weight excluding hydrogens is 416 g/mol. The number of ether oxygens (including phenoxy) is 1. The van der Waals surface area contributed by atoms with E-state index in [9.17, 15) is 0 Å². The third kappa shape index (κ3) is 5.62. The summed E-state index contributed by atoms with van der Waals surface area (Å²) in [5, 5.41) is 0. The molecule has 1 heterocycles. The van der Waals surface area contributed by atoms with Crippen molar-refractivity contribution in [2.24, 2.45) is 17.8 Å². The zero-order chi connectivity index (χ0) is 23.3. The summed E-state index contributed by atoms with van der Waals surface area (Å²) >= 11 is 0. The Bertz CT molecular complexity index is 902. The largest absolute Gasteiger partial charge is 0.485 e. The van der Waals surface area contributed by atoms with Crippen molar-refractivity contribution < 1.29 is 4.74 Å². The first-order chi connectivity index (χ1) is 16.7. The first-order valence-electron chi connectivity index (χ1n) is 14.0. The Morgan fingerprint density at radius 1 is 0.853 bits per heavy atom. The normalized spacial score (nSPS) is 27.9. The Morgan fingerprint density at radius 3 is 2.41 bits per heavy atom. The van der Waals surface area contributed by atoms with Gasteiger partial charge in [-0.1, -0.05) is 69.7 Å². The summed E-state index contributed by atoms with van der Waals surface area (Å²) in [7, 11) is 2.23. The van der Waals surface area contributed by atoms with Crippen LogP contribution in [0.15, 0.2) is 48.5 Å². The van der Waals surface area contributed by atoms with Gasteiger partial charge in [0.1, 0.15) is 11.9 Å². The second-order valence-electron chi connectivity index (χ2n) is 11.3. The lowest BCUT2D eigenvalue weighted by Crippen LogP contribution is -2.28. The van der Waals surface area contributed by atoms with Gasteiger partial charge in [-0.2, -0.15) is 0 Å². The molecule has 2 unspecified atom stereocenters. The van der Waals surface area contributed by atoms with Crippen LogP contribution >= 0.6 is 0 Å². The van der Waals surface area contributed by atoms with E-state index in [-0.39, 0.29) is 6.10 Å². The highest BCUT2D eigenvalue weighted by Gasteiger charge is 2.36. The molecule has 1 saturated carbocycles. The average molecular weight is 461 g/mol. The Labute approximate surface area is 207 Å². The molecular formula is C31H44N2O. The monoisotopic (exact) mass is 460 g/mol. The molecule has 2 atom stereocenters. The highest BCUT2D eigenvalue weighted by Crippen LogP contribution is 2.45. The summed E-state index contributed by atoms with van der Waals surface area (Å²) in [5.41, 5.74) is 4.25. The molecule has 0 radical (unpaired) electrons. The fourth-order valence-electron chi connectivity index (χ4n) is 6.79. The van der Waals surface area contributed by atoms with Crippen LogP contribution in [0.4, 0.5) is 5.69 Å². The molecule has 2 aromatic rings. The smallest absolute Gasteiger partial charge is 0.127 e. The minimum Gasteiger partial charge on any atom is -0.485 e. The Balaban J connectivity index is 1.25. The van der Waals surface area contributed by atoms with Crippen molar-refractivity contribution in [3.63, 3.8) is 0 Å². The van der Waals surface area contributed by atoms with E-state index in [1.165, 1.54) is 81.1 Å². The van der Waals surface area contributed by atoms with Crippen LogP contribution in [0, 0.1) is 17.8 Å². The van der Waals surface area contributed by atoms with Gasteiger partial charge >= 0.3 is 0 Å². The van der Waals surface area contributed by atoms with E-state index < -0.39 is 0 Å². The topological polar surface area (TPSA) is 15.7 Å². The summed E-state index contributed by atoms with van der Waals surface area (Å²) in [6.45, 7) is 6.92. The second kappa shape index (κ2) is 11.2. The van der Waals surface area contributed by atoms with Gasteiger partial charge < -0.3 is 14.5 Å². The van der Waals surface area contributed by atoms with Crippen LogP contribution in [-0.2, 0) is 6.42 Å². The lowest BCUT2D eigenvalue weighted by molar-refractivity contribution is 0.118. The number of rotatable bonds is 7. The van der Waals surface area contributed by atoms with E-state index in [2.05, 4.69) is 72.3 Å². The van der Waals surface area contributed by atoms with Crippen molar-refractivity contribution in [1.82, 2.24) is 4.90 Å². The van der Waals surface area contributed by atoms with E-state index >= 15 is 0 Å². The standard InChI is InChI=1S/C31H44N2O/c1-3-7-24-10-12-25(13-11-24)22-27-23-26-8-4-5-9-30(26)31(27)34-29-16-14-28(15-17-29)33-19-6-18-32(2)20-21-33/h4-5,8-9,14-17,24-25,27,31H,3,6-7,10-13,18-23H2,1-2H3. The van der Waals surface area contributed by atoms with Crippen LogP contribution < -0.4 is 9.64 Å². The molecule has 34 heavy (non-hydrogen) atoms. The van der Waals surface area contributed by atoms with Crippen molar-refractivity contribution in [1.29, 1.82) is 0 Å². The van der Waals surface area contributed by atoms with Gasteiger partial charge in [0.15, 0.2) is 0 Å². The fourth-order valence-corrected chi connectivity index (χ4v) is 6.79. The van der Waals surface area contributed by atoms with Crippen LogP contribution in [0.2, 0.25) is 0 Å². The minimum absolute atomic E-state index is 0.197. The predicted molar refractivity (Wildman–Crippen MR) is 143 cm³/mol. The minimum atomic E-state index is 0.197. The summed E-state index contributed by atoms with van der Waals surface area (Å²) < 4.78 is 6.77. The molecule has 0 N–H and O–H groups in total. The van der Waals surface area contributed by atoms with Gasteiger partial charge in [0.25, 0.3) is 0 Å². The molecule has 3 nitrogen and oxygen atoms in total. The summed E-state index contributed by atoms with van der Waals surface area (Å²) in [6, 6.07) is 18.0. The van der Waals surface area contributed by atoms with Crippen molar-refractivity contribution in [3.8, 4) is 5.75 Å². The van der Waals surface area contributed by atoms with Gasteiger partial charge in [-0.05, 0) is 80.1 Å². The summed E-state index contributed by atoms with van der Waals surface area (Å²) in [6.07, 6.45) is 12.4.